The number of carbonyl (C=O) groups excluding carboxylic acids is 1. The Kier molecular flexibility index (Phi) is 9.71. The van der Waals surface area contributed by atoms with Crippen molar-refractivity contribution >= 4 is 33.4 Å². The van der Waals surface area contributed by atoms with E-state index < -0.39 is 28.5 Å². The molecule has 0 saturated carbocycles. The number of sulfonamides is 1. The molecule has 0 radical (unpaired) electrons. The molecule has 37 heavy (non-hydrogen) atoms. The molecule has 0 aliphatic rings. The molecule has 0 spiro atoms. The minimum Gasteiger partial charge on any atom is -0.497 e. The van der Waals surface area contributed by atoms with E-state index in [2.05, 4.69) is 5.32 Å². The SMILES string of the molecule is CCOc1ccccc1N(CC(=O)N[C@H](C)c1cc(OC)ccc1OC)S(=O)(=O)c1ccc(SC)cc1. The third kappa shape index (κ3) is 6.69. The molecule has 0 bridgehead atoms. The Hall–Kier alpha value is -3.37. The summed E-state index contributed by atoms with van der Waals surface area (Å²) in [4.78, 5) is 14.3. The van der Waals surface area contributed by atoms with Crippen LogP contribution in [0.25, 0.3) is 0 Å². The van der Waals surface area contributed by atoms with Gasteiger partial charge in [-0.25, -0.2) is 8.42 Å². The Balaban J connectivity index is 1.97. The lowest BCUT2D eigenvalue weighted by atomic mass is 10.1. The van der Waals surface area contributed by atoms with Crippen LogP contribution < -0.4 is 23.8 Å². The number of benzene rings is 3. The van der Waals surface area contributed by atoms with E-state index in [4.69, 9.17) is 14.2 Å². The Morgan fingerprint density at radius 3 is 2.32 bits per heavy atom. The number of amides is 1. The van der Waals surface area contributed by atoms with Crippen molar-refractivity contribution in [3.05, 3.63) is 72.3 Å². The highest BCUT2D eigenvalue weighted by atomic mass is 32.2. The van der Waals surface area contributed by atoms with Gasteiger partial charge >= 0.3 is 0 Å². The van der Waals surface area contributed by atoms with Gasteiger partial charge in [-0.2, -0.15) is 0 Å². The molecule has 198 valence electrons. The average Bonchev–Trinajstić information content (AvgIpc) is 2.91. The number of hydrogen-bond acceptors (Lipinski definition) is 7. The van der Waals surface area contributed by atoms with Gasteiger partial charge in [0.15, 0.2) is 0 Å². The average molecular weight is 545 g/mol. The second-order valence-electron chi connectivity index (χ2n) is 7.99. The highest BCUT2D eigenvalue weighted by Gasteiger charge is 2.30. The Labute approximate surface area is 223 Å². The fraction of sp³-hybridized carbons (Fsp3) is 0.296. The van der Waals surface area contributed by atoms with Crippen molar-refractivity contribution in [3.63, 3.8) is 0 Å². The summed E-state index contributed by atoms with van der Waals surface area (Å²) in [6, 6.07) is 18.1. The van der Waals surface area contributed by atoms with Gasteiger partial charge in [0.05, 0.1) is 37.5 Å². The highest BCUT2D eigenvalue weighted by Crippen LogP contribution is 2.33. The largest absolute Gasteiger partial charge is 0.497 e. The molecule has 10 heteroatoms. The Bertz CT molecular complexity index is 1310. The zero-order chi connectivity index (χ0) is 27.0. The number of methoxy groups -OCH3 is 2. The van der Waals surface area contributed by atoms with E-state index in [0.29, 0.717) is 29.4 Å². The number of anilines is 1. The smallest absolute Gasteiger partial charge is 0.264 e. The predicted molar refractivity (Wildman–Crippen MR) is 146 cm³/mol. The second kappa shape index (κ2) is 12.7. The summed E-state index contributed by atoms with van der Waals surface area (Å²) < 4.78 is 45.2. The van der Waals surface area contributed by atoms with Crippen LogP contribution in [0.3, 0.4) is 0 Å². The molecule has 0 saturated heterocycles. The predicted octanol–water partition coefficient (Wildman–Crippen LogP) is 4.90. The first-order chi connectivity index (χ1) is 17.7. The quantitative estimate of drug-likeness (QED) is 0.324. The number of para-hydroxylation sites is 2. The van der Waals surface area contributed by atoms with E-state index in [9.17, 15) is 13.2 Å². The number of hydrogen-bond donors (Lipinski definition) is 1. The van der Waals surface area contributed by atoms with Gasteiger partial charge in [-0.3, -0.25) is 9.10 Å². The minimum absolute atomic E-state index is 0.0758. The molecule has 1 atom stereocenters. The van der Waals surface area contributed by atoms with Crippen molar-refractivity contribution in [1.82, 2.24) is 5.32 Å². The molecule has 1 N–H and O–H groups in total. The lowest BCUT2D eigenvalue weighted by Crippen LogP contribution is -2.41. The van der Waals surface area contributed by atoms with Crippen LogP contribution >= 0.6 is 11.8 Å². The maximum Gasteiger partial charge on any atom is 0.264 e. The number of rotatable bonds is 12. The summed E-state index contributed by atoms with van der Waals surface area (Å²) in [7, 11) is -1.00. The fourth-order valence-electron chi connectivity index (χ4n) is 3.79. The van der Waals surface area contributed by atoms with E-state index in [1.807, 2.05) is 13.2 Å². The van der Waals surface area contributed by atoms with Gasteiger partial charge < -0.3 is 19.5 Å². The van der Waals surface area contributed by atoms with Crippen LogP contribution in [0.4, 0.5) is 5.69 Å². The van der Waals surface area contributed by atoms with Gasteiger partial charge in [-0.05, 0) is 74.7 Å². The zero-order valence-corrected chi connectivity index (χ0v) is 23.2. The summed E-state index contributed by atoms with van der Waals surface area (Å²) in [6.45, 7) is 3.50. The number of carbonyl (C=O) groups is 1. The molecule has 3 aromatic rings. The van der Waals surface area contributed by atoms with Crippen molar-refractivity contribution in [2.45, 2.75) is 29.7 Å². The van der Waals surface area contributed by atoms with Crippen molar-refractivity contribution in [1.29, 1.82) is 0 Å². The van der Waals surface area contributed by atoms with Crippen LogP contribution in [0, 0.1) is 0 Å². The summed E-state index contributed by atoms with van der Waals surface area (Å²) in [5, 5.41) is 2.89. The van der Waals surface area contributed by atoms with E-state index >= 15 is 0 Å². The summed E-state index contributed by atoms with van der Waals surface area (Å²) in [5.41, 5.74) is 0.979. The first kappa shape index (κ1) is 28.2. The molecule has 0 unspecified atom stereocenters. The van der Waals surface area contributed by atoms with Gasteiger partial charge in [0.1, 0.15) is 23.8 Å². The van der Waals surface area contributed by atoms with Crippen LogP contribution in [0.2, 0.25) is 0 Å². The molecule has 3 aromatic carbocycles. The van der Waals surface area contributed by atoms with Crippen LogP contribution in [0.1, 0.15) is 25.5 Å². The van der Waals surface area contributed by atoms with E-state index in [1.54, 1.807) is 87.9 Å². The number of ether oxygens (including phenoxy) is 3. The number of nitrogens with one attached hydrogen (secondary N) is 1. The molecule has 0 aromatic heterocycles. The van der Waals surface area contributed by atoms with Gasteiger partial charge in [0.2, 0.25) is 5.91 Å². The Morgan fingerprint density at radius 2 is 1.70 bits per heavy atom. The summed E-state index contributed by atoms with van der Waals surface area (Å²) in [5.74, 6) is 1.06. The van der Waals surface area contributed by atoms with Gasteiger partial charge in [-0.15, -0.1) is 11.8 Å². The van der Waals surface area contributed by atoms with Crippen LogP contribution in [-0.2, 0) is 14.8 Å². The van der Waals surface area contributed by atoms with Crippen molar-refractivity contribution < 1.29 is 27.4 Å². The van der Waals surface area contributed by atoms with Gasteiger partial charge in [-0.1, -0.05) is 12.1 Å². The standard InChI is InChI=1S/C27H32N2O6S2/c1-6-35-26-10-8-7-9-24(26)29(37(31,32)22-14-12-21(36-5)13-15-22)18-27(30)28-19(2)23-17-20(33-3)11-16-25(23)34-4/h7-17,19H,6,18H2,1-5H3,(H,28,30)/t19-/m1/s1. The minimum atomic E-state index is -4.10. The first-order valence-corrected chi connectivity index (χ1v) is 14.3. The molecule has 8 nitrogen and oxygen atoms in total. The number of thioether (sulfide) groups is 1. The topological polar surface area (TPSA) is 94.2 Å². The molecule has 0 aliphatic heterocycles. The van der Waals surface area contributed by atoms with E-state index in [1.165, 1.54) is 11.8 Å². The lowest BCUT2D eigenvalue weighted by molar-refractivity contribution is -0.120. The van der Waals surface area contributed by atoms with Crippen molar-refractivity contribution in [3.8, 4) is 17.2 Å². The van der Waals surface area contributed by atoms with E-state index in [0.717, 1.165) is 9.20 Å². The van der Waals surface area contributed by atoms with Crippen LogP contribution in [0.15, 0.2) is 76.5 Å². The van der Waals surface area contributed by atoms with Crippen molar-refractivity contribution in [2.75, 3.05) is 37.9 Å². The summed E-state index contributed by atoms with van der Waals surface area (Å²) in [6.07, 6.45) is 1.91. The molecule has 0 aliphatic carbocycles. The molecule has 0 heterocycles. The van der Waals surface area contributed by atoms with Crippen LogP contribution in [-0.4, -0.2) is 48.0 Å². The molecule has 1 amide bonds. The summed E-state index contributed by atoms with van der Waals surface area (Å²) >= 11 is 1.51. The zero-order valence-electron chi connectivity index (χ0n) is 21.6. The van der Waals surface area contributed by atoms with E-state index in [-0.39, 0.29) is 10.6 Å². The first-order valence-electron chi connectivity index (χ1n) is 11.6. The fourth-order valence-corrected chi connectivity index (χ4v) is 5.63. The van der Waals surface area contributed by atoms with Gasteiger partial charge in [0.25, 0.3) is 10.0 Å². The third-order valence-corrected chi connectivity index (χ3v) is 8.17. The highest BCUT2D eigenvalue weighted by molar-refractivity contribution is 7.98. The number of nitrogens with zero attached hydrogens (tertiary/aromatic N) is 1. The van der Waals surface area contributed by atoms with Crippen LogP contribution in [0.5, 0.6) is 17.2 Å². The molecular formula is C27H32N2O6S2. The third-order valence-electron chi connectivity index (χ3n) is 5.65. The second-order valence-corrected chi connectivity index (χ2v) is 10.7. The van der Waals surface area contributed by atoms with Gasteiger partial charge in [0, 0.05) is 10.5 Å². The Morgan fingerprint density at radius 1 is 1.00 bits per heavy atom. The molecule has 3 rings (SSSR count). The molecule has 0 fully saturated rings. The lowest BCUT2D eigenvalue weighted by Gasteiger charge is -2.27. The molecular weight excluding hydrogens is 512 g/mol. The van der Waals surface area contributed by atoms with Crippen molar-refractivity contribution in [2.24, 2.45) is 0 Å². The maximum atomic E-state index is 13.8. The maximum absolute atomic E-state index is 13.8. The monoisotopic (exact) mass is 544 g/mol. The normalized spacial score (nSPS) is 11.9.